The van der Waals surface area contributed by atoms with Gasteiger partial charge in [0.15, 0.2) is 0 Å². The largest absolute Gasteiger partial charge is 0.495 e. The average molecular weight is 283 g/mol. The molecular weight excluding hydrogens is 264 g/mol. The van der Waals surface area contributed by atoms with Gasteiger partial charge in [0, 0.05) is 11.7 Å². The second-order valence-electron chi connectivity index (χ2n) is 4.78. The zero-order valence-corrected chi connectivity index (χ0v) is 11.8. The Kier molecular flexibility index (Phi) is 4.91. The summed E-state index contributed by atoms with van der Waals surface area (Å²) in [7, 11) is 1.56. The van der Waals surface area contributed by atoms with E-state index in [0.29, 0.717) is 22.5 Å². The summed E-state index contributed by atoms with van der Waals surface area (Å²) in [6.45, 7) is 0. The predicted molar refractivity (Wildman–Crippen MR) is 77.0 cm³/mol. The maximum absolute atomic E-state index is 11.8. The molecule has 4 nitrogen and oxygen atoms in total. The van der Waals surface area contributed by atoms with Gasteiger partial charge in [0.05, 0.1) is 12.1 Å². The van der Waals surface area contributed by atoms with Gasteiger partial charge < -0.3 is 15.4 Å². The first kappa shape index (κ1) is 14.0. The quantitative estimate of drug-likeness (QED) is 0.886. The highest BCUT2D eigenvalue weighted by Crippen LogP contribution is 2.27. The highest BCUT2D eigenvalue weighted by atomic mass is 35.5. The fourth-order valence-electron chi connectivity index (χ4n) is 2.34. The molecule has 0 aliphatic heterocycles. The fraction of sp³-hybridized carbons (Fsp3) is 0.500. The van der Waals surface area contributed by atoms with E-state index in [1.165, 1.54) is 19.3 Å². The lowest BCUT2D eigenvalue weighted by atomic mass is 9.96. The topological polar surface area (TPSA) is 50.4 Å². The van der Waals surface area contributed by atoms with Gasteiger partial charge in [-0.3, -0.25) is 0 Å². The molecular formula is C14H19ClN2O2. The molecule has 1 aromatic carbocycles. The molecule has 5 heteroatoms. The molecule has 2 rings (SSSR count). The molecule has 1 aromatic rings. The summed E-state index contributed by atoms with van der Waals surface area (Å²) >= 11 is 6.01. The number of hydrogen-bond donors (Lipinski definition) is 2. The number of halogens is 1. The fourth-order valence-corrected chi connectivity index (χ4v) is 2.60. The van der Waals surface area contributed by atoms with E-state index >= 15 is 0 Å². The van der Waals surface area contributed by atoms with Crippen molar-refractivity contribution < 1.29 is 9.53 Å². The van der Waals surface area contributed by atoms with Crippen LogP contribution >= 0.6 is 11.6 Å². The van der Waals surface area contributed by atoms with Crippen LogP contribution in [0.3, 0.4) is 0 Å². The highest BCUT2D eigenvalue weighted by Gasteiger charge is 2.15. The molecule has 0 spiro atoms. The Morgan fingerprint density at radius 2 is 2.05 bits per heavy atom. The average Bonchev–Trinajstić information content (AvgIpc) is 2.40. The maximum Gasteiger partial charge on any atom is 0.319 e. The molecule has 0 aromatic heterocycles. The second-order valence-corrected chi connectivity index (χ2v) is 5.19. The third kappa shape index (κ3) is 4.03. The monoisotopic (exact) mass is 282 g/mol. The van der Waals surface area contributed by atoms with Crippen molar-refractivity contribution >= 4 is 23.3 Å². The number of carbonyl (C=O) groups excluding carboxylic acids is 1. The van der Waals surface area contributed by atoms with Gasteiger partial charge in [0.2, 0.25) is 0 Å². The Labute approximate surface area is 118 Å². The third-order valence-corrected chi connectivity index (χ3v) is 3.65. The summed E-state index contributed by atoms with van der Waals surface area (Å²) in [5, 5.41) is 6.27. The number of benzene rings is 1. The van der Waals surface area contributed by atoms with Gasteiger partial charge in [-0.15, -0.1) is 0 Å². The van der Waals surface area contributed by atoms with E-state index in [0.717, 1.165) is 12.8 Å². The SMILES string of the molecule is COc1ccc(NC(=O)NC2CCCCC2)cc1Cl. The lowest BCUT2D eigenvalue weighted by Gasteiger charge is -2.22. The minimum absolute atomic E-state index is 0.173. The molecule has 0 heterocycles. The van der Waals surface area contributed by atoms with Crippen LogP contribution in [0.4, 0.5) is 10.5 Å². The van der Waals surface area contributed by atoms with Crippen LogP contribution in [-0.2, 0) is 0 Å². The molecule has 0 unspecified atom stereocenters. The Bertz CT molecular complexity index is 445. The van der Waals surface area contributed by atoms with Crippen LogP contribution in [0.1, 0.15) is 32.1 Å². The number of nitrogens with one attached hydrogen (secondary N) is 2. The molecule has 1 aliphatic carbocycles. The van der Waals surface area contributed by atoms with Crippen molar-refractivity contribution in [2.24, 2.45) is 0 Å². The van der Waals surface area contributed by atoms with Gasteiger partial charge in [0.25, 0.3) is 0 Å². The van der Waals surface area contributed by atoms with E-state index in [9.17, 15) is 4.79 Å². The zero-order chi connectivity index (χ0) is 13.7. The van der Waals surface area contributed by atoms with Crippen molar-refractivity contribution in [2.45, 2.75) is 38.1 Å². The summed E-state index contributed by atoms with van der Waals surface area (Å²) in [4.78, 5) is 11.8. The van der Waals surface area contributed by atoms with Crippen molar-refractivity contribution in [1.82, 2.24) is 5.32 Å². The first-order valence-corrected chi connectivity index (χ1v) is 6.98. The molecule has 104 valence electrons. The molecule has 2 amide bonds. The van der Waals surface area contributed by atoms with Gasteiger partial charge >= 0.3 is 6.03 Å². The molecule has 1 fully saturated rings. The number of hydrogen-bond acceptors (Lipinski definition) is 2. The molecule has 2 N–H and O–H groups in total. The predicted octanol–water partition coefficient (Wildman–Crippen LogP) is 3.80. The lowest BCUT2D eigenvalue weighted by molar-refractivity contribution is 0.244. The number of amides is 2. The van der Waals surface area contributed by atoms with E-state index in [-0.39, 0.29) is 6.03 Å². The van der Waals surface area contributed by atoms with Crippen LogP contribution in [0.5, 0.6) is 5.75 Å². The number of urea groups is 1. The summed E-state index contributed by atoms with van der Waals surface area (Å²) in [5.41, 5.74) is 0.666. The zero-order valence-electron chi connectivity index (χ0n) is 11.0. The third-order valence-electron chi connectivity index (χ3n) is 3.35. The van der Waals surface area contributed by atoms with E-state index in [2.05, 4.69) is 10.6 Å². The van der Waals surface area contributed by atoms with Gasteiger partial charge in [-0.25, -0.2) is 4.79 Å². The Hall–Kier alpha value is -1.42. The summed E-state index contributed by atoms with van der Waals surface area (Å²) in [6, 6.07) is 5.31. The molecule has 1 aliphatic rings. The minimum atomic E-state index is -0.173. The van der Waals surface area contributed by atoms with Crippen LogP contribution in [0, 0.1) is 0 Å². The van der Waals surface area contributed by atoms with Crippen LogP contribution < -0.4 is 15.4 Å². The van der Waals surface area contributed by atoms with Crippen molar-refractivity contribution in [3.8, 4) is 5.75 Å². The Balaban J connectivity index is 1.89. The molecule has 0 atom stereocenters. The first-order valence-electron chi connectivity index (χ1n) is 6.60. The van der Waals surface area contributed by atoms with Crippen LogP contribution in [-0.4, -0.2) is 19.2 Å². The molecule has 0 saturated heterocycles. The van der Waals surface area contributed by atoms with Crippen molar-refractivity contribution in [3.05, 3.63) is 23.2 Å². The van der Waals surface area contributed by atoms with E-state index in [1.807, 2.05) is 0 Å². The summed E-state index contributed by atoms with van der Waals surface area (Å²) in [5.74, 6) is 0.597. The van der Waals surface area contributed by atoms with Crippen LogP contribution in [0.2, 0.25) is 5.02 Å². The molecule has 0 radical (unpaired) electrons. The summed E-state index contributed by atoms with van der Waals surface area (Å²) < 4.78 is 5.07. The first-order chi connectivity index (χ1) is 9.19. The van der Waals surface area contributed by atoms with E-state index in [1.54, 1.807) is 25.3 Å². The van der Waals surface area contributed by atoms with Crippen molar-refractivity contribution in [3.63, 3.8) is 0 Å². The number of ether oxygens (including phenoxy) is 1. The van der Waals surface area contributed by atoms with E-state index < -0.39 is 0 Å². The number of methoxy groups -OCH3 is 1. The van der Waals surface area contributed by atoms with E-state index in [4.69, 9.17) is 16.3 Å². The maximum atomic E-state index is 11.8. The number of carbonyl (C=O) groups is 1. The lowest BCUT2D eigenvalue weighted by Crippen LogP contribution is -2.38. The van der Waals surface area contributed by atoms with Gasteiger partial charge in [-0.1, -0.05) is 30.9 Å². The molecule has 19 heavy (non-hydrogen) atoms. The van der Waals surface area contributed by atoms with Crippen molar-refractivity contribution in [1.29, 1.82) is 0 Å². The van der Waals surface area contributed by atoms with Gasteiger partial charge in [-0.2, -0.15) is 0 Å². The molecule has 1 saturated carbocycles. The standard InChI is InChI=1S/C14H19ClN2O2/c1-19-13-8-7-11(9-12(13)15)17-14(18)16-10-5-3-2-4-6-10/h7-10H,2-6H2,1H3,(H2,16,17,18). The number of rotatable bonds is 3. The van der Waals surface area contributed by atoms with Gasteiger partial charge in [-0.05, 0) is 31.0 Å². The van der Waals surface area contributed by atoms with Crippen LogP contribution in [0.25, 0.3) is 0 Å². The normalized spacial score (nSPS) is 15.9. The van der Waals surface area contributed by atoms with Crippen LogP contribution in [0.15, 0.2) is 18.2 Å². The summed E-state index contributed by atoms with van der Waals surface area (Å²) in [6.07, 6.45) is 5.79. The number of anilines is 1. The second kappa shape index (κ2) is 6.66. The Morgan fingerprint density at radius 3 is 2.68 bits per heavy atom. The van der Waals surface area contributed by atoms with Crippen molar-refractivity contribution in [2.75, 3.05) is 12.4 Å². The highest BCUT2D eigenvalue weighted by molar-refractivity contribution is 6.32. The molecule has 0 bridgehead atoms. The Morgan fingerprint density at radius 1 is 1.32 bits per heavy atom. The minimum Gasteiger partial charge on any atom is -0.495 e. The smallest absolute Gasteiger partial charge is 0.319 e. The van der Waals surface area contributed by atoms with Gasteiger partial charge in [0.1, 0.15) is 5.75 Å².